The molecule has 0 aliphatic carbocycles. The van der Waals surface area contributed by atoms with Gasteiger partial charge >= 0.3 is 0 Å². The van der Waals surface area contributed by atoms with Gasteiger partial charge in [0.1, 0.15) is 0 Å². The number of hydrogen-bond donors (Lipinski definition) is 0. The van der Waals surface area contributed by atoms with Crippen LogP contribution in [0.15, 0.2) is 146 Å². The maximum Gasteiger partial charge on any atom is 0.195 e. The Bertz CT molecular complexity index is 2890. The first-order valence-corrected chi connectivity index (χ1v) is 16.7. The number of benzene rings is 7. The maximum absolute atomic E-state index is 9.97. The Morgan fingerprint density at radius 2 is 1.18 bits per heavy atom. The Balaban J connectivity index is 1.41. The first-order chi connectivity index (χ1) is 24.6. The molecular weight excluding hydrogens is 609 g/mol. The molecule has 0 radical (unpaired) electrons. The second kappa shape index (κ2) is 11.4. The molecule has 0 unspecified atom stereocenters. The quantitative estimate of drug-likeness (QED) is 0.177. The first-order valence-electron chi connectivity index (χ1n) is 16.7. The fourth-order valence-electron chi connectivity index (χ4n) is 7.79. The molecule has 0 spiro atoms. The van der Waals surface area contributed by atoms with Crippen LogP contribution in [0.3, 0.4) is 0 Å². The number of aromatic nitrogens is 2. The molecule has 0 aliphatic rings. The van der Waals surface area contributed by atoms with Crippen LogP contribution in [0.25, 0.3) is 82.1 Å². The molecule has 0 aliphatic heterocycles. The molecule has 0 saturated heterocycles. The van der Waals surface area contributed by atoms with Crippen molar-refractivity contribution in [3.63, 3.8) is 0 Å². The molecule has 9 rings (SSSR count). The van der Waals surface area contributed by atoms with Crippen LogP contribution in [-0.2, 0) is 0 Å². The normalized spacial score (nSPS) is 11.4. The highest BCUT2D eigenvalue weighted by molar-refractivity contribution is 6.17. The van der Waals surface area contributed by atoms with E-state index in [1.165, 1.54) is 21.9 Å². The smallest absolute Gasteiger partial charge is 0.195 e. The van der Waals surface area contributed by atoms with Gasteiger partial charge in [-0.1, -0.05) is 91.0 Å². The molecule has 0 saturated carbocycles. The summed E-state index contributed by atoms with van der Waals surface area (Å²) in [5, 5.41) is 14.6. The number of hydrogen-bond acceptors (Lipinski definition) is 1. The molecule has 50 heavy (non-hydrogen) atoms. The molecule has 0 fully saturated rings. The van der Waals surface area contributed by atoms with Gasteiger partial charge in [0.15, 0.2) is 5.69 Å². The summed E-state index contributed by atoms with van der Waals surface area (Å²) in [6.45, 7) is 12.5. The van der Waals surface area contributed by atoms with E-state index >= 15 is 0 Å². The molecule has 0 atom stereocenters. The van der Waals surface area contributed by atoms with Crippen LogP contribution in [0.1, 0.15) is 16.7 Å². The van der Waals surface area contributed by atoms with Gasteiger partial charge in [0, 0.05) is 27.2 Å². The SMILES string of the molecule is [C-]#[N+]c1ccc(C#N)cc1-c1cc(-c2ccc3c(c2)c2ccccc2n3-c2ccccc2)cc2c3ccccc3n(-c3c(C)cccc3C)c12. The highest BCUT2D eigenvalue weighted by atomic mass is 15.0. The summed E-state index contributed by atoms with van der Waals surface area (Å²) in [6, 6.07) is 53.0. The van der Waals surface area contributed by atoms with E-state index in [1.807, 2.05) is 12.1 Å². The summed E-state index contributed by atoms with van der Waals surface area (Å²) in [7, 11) is 0. The van der Waals surface area contributed by atoms with Crippen LogP contribution in [0.4, 0.5) is 5.69 Å². The molecule has 4 heteroatoms. The largest absolute Gasteiger partial charge is 0.309 e. The van der Waals surface area contributed by atoms with Gasteiger partial charge in [0.05, 0.1) is 46.0 Å². The third-order valence-corrected chi connectivity index (χ3v) is 9.99. The molecule has 7 aromatic carbocycles. The Labute approximate surface area is 290 Å². The zero-order valence-electron chi connectivity index (χ0n) is 27.6. The average Bonchev–Trinajstić information content (AvgIpc) is 3.67. The van der Waals surface area contributed by atoms with Crippen molar-refractivity contribution in [2.45, 2.75) is 13.8 Å². The Morgan fingerprint density at radius 3 is 1.90 bits per heavy atom. The van der Waals surface area contributed by atoms with Gasteiger partial charge < -0.3 is 9.13 Å². The monoisotopic (exact) mass is 638 g/mol. The minimum absolute atomic E-state index is 0.516. The van der Waals surface area contributed by atoms with Crippen molar-refractivity contribution in [2.75, 3.05) is 0 Å². The number of nitriles is 1. The lowest BCUT2D eigenvalue weighted by atomic mass is 9.93. The van der Waals surface area contributed by atoms with Gasteiger partial charge in [-0.05, 0) is 102 Å². The lowest BCUT2D eigenvalue weighted by molar-refractivity contribution is 1.12. The van der Waals surface area contributed by atoms with Gasteiger partial charge in [0.25, 0.3) is 0 Å². The topological polar surface area (TPSA) is 38.0 Å². The predicted molar refractivity (Wildman–Crippen MR) is 206 cm³/mol. The van der Waals surface area contributed by atoms with Crippen LogP contribution < -0.4 is 0 Å². The van der Waals surface area contributed by atoms with E-state index in [9.17, 15) is 5.26 Å². The van der Waals surface area contributed by atoms with Crippen LogP contribution in [-0.4, -0.2) is 9.13 Å². The number of para-hydroxylation sites is 4. The fraction of sp³-hybridized carbons (Fsp3) is 0.0435. The molecule has 2 heterocycles. The third-order valence-electron chi connectivity index (χ3n) is 9.99. The molecule has 9 aromatic rings. The molecule has 4 nitrogen and oxygen atoms in total. The lowest BCUT2D eigenvalue weighted by Gasteiger charge is -2.18. The van der Waals surface area contributed by atoms with Crippen molar-refractivity contribution >= 4 is 49.3 Å². The van der Waals surface area contributed by atoms with E-state index in [2.05, 4.69) is 155 Å². The maximum atomic E-state index is 9.97. The van der Waals surface area contributed by atoms with E-state index < -0.39 is 0 Å². The van der Waals surface area contributed by atoms with E-state index in [-0.39, 0.29) is 0 Å². The van der Waals surface area contributed by atoms with Gasteiger partial charge in [-0.15, -0.1) is 0 Å². The molecular formula is C46H30N4. The van der Waals surface area contributed by atoms with E-state index in [0.717, 1.165) is 66.5 Å². The number of aryl methyl sites for hydroxylation is 2. The minimum Gasteiger partial charge on any atom is -0.309 e. The second-order valence-electron chi connectivity index (χ2n) is 12.9. The summed E-state index contributed by atoms with van der Waals surface area (Å²) in [4.78, 5) is 3.96. The first kappa shape index (κ1) is 29.3. The van der Waals surface area contributed by atoms with E-state index in [1.54, 1.807) is 12.1 Å². The van der Waals surface area contributed by atoms with Gasteiger partial charge in [-0.2, -0.15) is 5.26 Å². The zero-order valence-corrected chi connectivity index (χ0v) is 27.6. The van der Waals surface area contributed by atoms with Crippen molar-refractivity contribution < 1.29 is 0 Å². The van der Waals surface area contributed by atoms with E-state index in [0.29, 0.717) is 11.3 Å². The Kier molecular flexibility index (Phi) is 6.66. The van der Waals surface area contributed by atoms with Crippen molar-refractivity contribution in [3.8, 4) is 39.7 Å². The van der Waals surface area contributed by atoms with Crippen LogP contribution in [0.5, 0.6) is 0 Å². The van der Waals surface area contributed by atoms with E-state index in [4.69, 9.17) is 6.57 Å². The van der Waals surface area contributed by atoms with Crippen LogP contribution >= 0.6 is 0 Å². The average molecular weight is 639 g/mol. The van der Waals surface area contributed by atoms with Gasteiger partial charge in [0.2, 0.25) is 0 Å². The van der Waals surface area contributed by atoms with Crippen LogP contribution in [0, 0.1) is 31.8 Å². The van der Waals surface area contributed by atoms with Gasteiger partial charge in [-0.25, -0.2) is 4.85 Å². The molecule has 2 aromatic heterocycles. The predicted octanol–water partition coefficient (Wildman–Crippen LogP) is 12.3. The summed E-state index contributed by atoms with van der Waals surface area (Å²) in [6.07, 6.45) is 0. The summed E-state index contributed by atoms with van der Waals surface area (Å²) < 4.78 is 4.69. The highest BCUT2D eigenvalue weighted by Gasteiger charge is 2.22. The van der Waals surface area contributed by atoms with Gasteiger partial charge in [-0.3, -0.25) is 0 Å². The highest BCUT2D eigenvalue weighted by Crippen LogP contribution is 2.45. The van der Waals surface area contributed by atoms with Crippen molar-refractivity contribution in [3.05, 3.63) is 174 Å². The van der Waals surface area contributed by atoms with Crippen molar-refractivity contribution in [1.29, 1.82) is 5.26 Å². The second-order valence-corrected chi connectivity index (χ2v) is 12.9. The van der Waals surface area contributed by atoms with Crippen molar-refractivity contribution in [1.82, 2.24) is 9.13 Å². The van der Waals surface area contributed by atoms with Crippen molar-refractivity contribution in [2.24, 2.45) is 0 Å². The molecule has 234 valence electrons. The zero-order chi connectivity index (χ0) is 33.9. The summed E-state index contributed by atoms with van der Waals surface area (Å²) in [5.74, 6) is 0. The molecule has 0 bridgehead atoms. The standard InChI is InChI=1S/C46H30N4/c1-29-12-11-13-30(2)45(29)50-43-19-10-8-17-36(43)39-26-33(27-40(46(39)50)37-24-31(28-47)20-22-41(37)48-3)32-21-23-44-38(25-32)35-16-7-9-18-42(35)49(44)34-14-5-4-6-15-34/h4-27H,1-2H3. The lowest BCUT2D eigenvalue weighted by Crippen LogP contribution is -2.01. The number of fused-ring (bicyclic) bond motifs is 6. The van der Waals surface area contributed by atoms with Crippen LogP contribution in [0.2, 0.25) is 0 Å². The third kappa shape index (κ3) is 4.37. The Hall–Kier alpha value is -6.88. The molecule has 0 amide bonds. The molecule has 0 N–H and O–H groups in total. The minimum atomic E-state index is 0.516. The summed E-state index contributed by atoms with van der Waals surface area (Å²) >= 11 is 0. The fourth-order valence-corrected chi connectivity index (χ4v) is 7.79. The Morgan fingerprint density at radius 1 is 0.540 bits per heavy atom. The summed E-state index contributed by atoms with van der Waals surface area (Å²) in [5.41, 5.74) is 13.9. The number of rotatable bonds is 4. The number of nitrogens with zero attached hydrogens (tertiary/aromatic N) is 4.